The molecule has 0 amide bonds. The van der Waals surface area contributed by atoms with Crippen LogP contribution in [-0.4, -0.2) is 19.2 Å². The van der Waals surface area contributed by atoms with E-state index in [1.165, 1.54) is 83.5 Å². The van der Waals surface area contributed by atoms with Crippen LogP contribution in [0.1, 0.15) is 110 Å². The number of hydrogen-bond donors (Lipinski definition) is 0. The van der Waals surface area contributed by atoms with E-state index >= 15 is 0 Å². The van der Waals surface area contributed by atoms with Gasteiger partial charge in [-0.15, -0.1) is 0 Å². The average Bonchev–Trinajstić information content (AvgIpc) is 3.39. The van der Waals surface area contributed by atoms with E-state index in [2.05, 4.69) is 11.7 Å². The molecule has 1 aliphatic rings. The van der Waals surface area contributed by atoms with E-state index in [0.717, 1.165) is 26.1 Å². The molecule has 1 fully saturated rings. The standard InChI is InChI=1S/C18H36O2.C2H4O.Na/c1-2-3-4-5-6-7-8-9-10-11-12-13-14-15-16-17-18(19)20;1-2-3-1;/h2-17H2,1H3,(H,19,20);1-2H2;/q;;+1/p-1. The summed E-state index contributed by atoms with van der Waals surface area (Å²) in [7, 11) is 0. The minimum atomic E-state index is -0.903. The largest absolute Gasteiger partial charge is 1.00 e. The van der Waals surface area contributed by atoms with E-state index in [4.69, 9.17) is 0 Å². The van der Waals surface area contributed by atoms with Gasteiger partial charge in [-0.05, 0) is 12.8 Å². The summed E-state index contributed by atoms with van der Waals surface area (Å²) in [5, 5.41) is 10.2. The van der Waals surface area contributed by atoms with Crippen LogP contribution < -0.4 is 34.7 Å². The van der Waals surface area contributed by atoms with Gasteiger partial charge in [0, 0.05) is 5.97 Å². The Morgan fingerprint density at radius 2 is 1.00 bits per heavy atom. The molecule has 0 bridgehead atoms. The molecule has 0 saturated carbocycles. The van der Waals surface area contributed by atoms with Crippen LogP contribution in [0, 0.1) is 0 Å². The van der Waals surface area contributed by atoms with Crippen molar-refractivity contribution in [3.05, 3.63) is 0 Å². The Labute approximate surface area is 172 Å². The van der Waals surface area contributed by atoms with Gasteiger partial charge in [0.05, 0.1) is 13.2 Å². The fourth-order valence-corrected chi connectivity index (χ4v) is 2.64. The van der Waals surface area contributed by atoms with Gasteiger partial charge >= 0.3 is 29.6 Å². The number of carboxylic acid groups (broad SMARTS) is 1. The smallest absolute Gasteiger partial charge is 0.550 e. The minimum Gasteiger partial charge on any atom is -0.550 e. The van der Waals surface area contributed by atoms with Crippen LogP contribution in [0.4, 0.5) is 0 Å². The van der Waals surface area contributed by atoms with Crippen LogP contribution in [0.3, 0.4) is 0 Å². The zero-order chi connectivity index (χ0) is 17.0. The molecule has 4 heteroatoms. The number of aliphatic carboxylic acids is 1. The van der Waals surface area contributed by atoms with Gasteiger partial charge in [0.2, 0.25) is 0 Å². The molecule has 138 valence electrons. The van der Waals surface area contributed by atoms with E-state index in [0.29, 0.717) is 0 Å². The molecule has 0 aliphatic carbocycles. The normalized spacial score (nSPS) is 12.0. The second-order valence-electron chi connectivity index (χ2n) is 6.68. The number of unbranched alkanes of at least 4 members (excludes halogenated alkanes) is 14. The van der Waals surface area contributed by atoms with Crippen molar-refractivity contribution in [3.63, 3.8) is 0 Å². The van der Waals surface area contributed by atoms with Gasteiger partial charge < -0.3 is 14.6 Å². The van der Waals surface area contributed by atoms with Gasteiger partial charge in [0.1, 0.15) is 0 Å². The van der Waals surface area contributed by atoms with Crippen molar-refractivity contribution in [2.75, 3.05) is 13.2 Å². The first-order chi connectivity index (χ1) is 11.3. The van der Waals surface area contributed by atoms with E-state index in [1.54, 1.807) is 0 Å². The molecular weight excluding hydrogens is 311 g/mol. The molecule has 0 aromatic rings. The molecule has 1 heterocycles. The van der Waals surface area contributed by atoms with Crippen molar-refractivity contribution in [2.45, 2.75) is 110 Å². The third-order valence-electron chi connectivity index (χ3n) is 4.19. The second-order valence-corrected chi connectivity index (χ2v) is 6.68. The number of hydrogen-bond acceptors (Lipinski definition) is 3. The fraction of sp³-hybridized carbons (Fsp3) is 0.950. The number of epoxide rings is 1. The topological polar surface area (TPSA) is 52.7 Å². The average molecular weight is 351 g/mol. The summed E-state index contributed by atoms with van der Waals surface area (Å²) < 4.78 is 4.50. The van der Waals surface area contributed by atoms with E-state index in [-0.39, 0.29) is 36.0 Å². The minimum absolute atomic E-state index is 0. The molecule has 1 saturated heterocycles. The van der Waals surface area contributed by atoms with E-state index in [9.17, 15) is 9.90 Å². The zero-order valence-corrected chi connectivity index (χ0v) is 18.5. The molecular formula is C20H39NaO3. The van der Waals surface area contributed by atoms with Crippen molar-refractivity contribution in [1.82, 2.24) is 0 Å². The Morgan fingerprint density at radius 3 is 1.25 bits per heavy atom. The SMILES string of the molecule is C1CO1.CCCCCCCCCCCCCCCCCC(=O)[O-].[Na+]. The van der Waals surface area contributed by atoms with Crippen LogP contribution >= 0.6 is 0 Å². The molecule has 0 unspecified atom stereocenters. The van der Waals surface area contributed by atoms with Crippen LogP contribution in [-0.2, 0) is 9.53 Å². The molecule has 0 spiro atoms. The molecule has 1 rings (SSSR count). The maximum absolute atomic E-state index is 10.2. The summed E-state index contributed by atoms with van der Waals surface area (Å²) in [6.45, 7) is 4.27. The Morgan fingerprint density at radius 1 is 0.708 bits per heavy atom. The fourth-order valence-electron chi connectivity index (χ4n) is 2.64. The predicted octanol–water partition coefficient (Wildman–Crippen LogP) is 2.02. The number of carboxylic acids is 1. The van der Waals surface area contributed by atoms with Crippen LogP contribution in [0.15, 0.2) is 0 Å². The number of carbonyl (C=O) groups excluding carboxylic acids is 1. The third-order valence-corrected chi connectivity index (χ3v) is 4.19. The van der Waals surface area contributed by atoms with Gasteiger partial charge in [-0.3, -0.25) is 0 Å². The molecule has 0 radical (unpaired) electrons. The first-order valence-corrected chi connectivity index (χ1v) is 10.0. The Balaban J connectivity index is 0. The van der Waals surface area contributed by atoms with Crippen LogP contribution in [0.25, 0.3) is 0 Å². The molecule has 0 aromatic heterocycles. The maximum atomic E-state index is 10.2. The van der Waals surface area contributed by atoms with Gasteiger partial charge in [0.15, 0.2) is 0 Å². The number of rotatable bonds is 16. The molecule has 0 atom stereocenters. The zero-order valence-electron chi connectivity index (χ0n) is 16.5. The van der Waals surface area contributed by atoms with Crippen molar-refractivity contribution >= 4 is 5.97 Å². The Bertz CT molecular complexity index is 242. The monoisotopic (exact) mass is 350 g/mol. The van der Waals surface area contributed by atoms with Crippen LogP contribution in [0.5, 0.6) is 0 Å². The Kier molecular flexibility index (Phi) is 26.0. The third kappa shape index (κ3) is 30.3. The van der Waals surface area contributed by atoms with Crippen molar-refractivity contribution in [2.24, 2.45) is 0 Å². The molecule has 1 aliphatic heterocycles. The summed E-state index contributed by atoms with van der Waals surface area (Å²) in [5.41, 5.74) is 0. The number of ether oxygens (including phenoxy) is 1. The summed E-state index contributed by atoms with van der Waals surface area (Å²) in [6, 6.07) is 0. The first kappa shape index (κ1) is 26.7. The summed E-state index contributed by atoms with van der Waals surface area (Å²) in [6.07, 6.45) is 19.9. The van der Waals surface area contributed by atoms with Gasteiger partial charge in [-0.25, -0.2) is 0 Å². The van der Waals surface area contributed by atoms with Crippen LogP contribution in [0.2, 0.25) is 0 Å². The second kappa shape index (κ2) is 23.4. The summed E-state index contributed by atoms with van der Waals surface area (Å²) in [5.74, 6) is -0.903. The summed E-state index contributed by atoms with van der Waals surface area (Å²) >= 11 is 0. The van der Waals surface area contributed by atoms with Gasteiger partial charge in [-0.2, -0.15) is 0 Å². The quantitative estimate of drug-likeness (QED) is 0.243. The molecule has 0 aromatic carbocycles. The summed E-state index contributed by atoms with van der Waals surface area (Å²) in [4.78, 5) is 10.2. The molecule has 0 N–H and O–H groups in total. The maximum Gasteiger partial charge on any atom is 1.00 e. The van der Waals surface area contributed by atoms with E-state index in [1.807, 2.05) is 0 Å². The molecule has 3 nitrogen and oxygen atoms in total. The Hall–Kier alpha value is 0.430. The van der Waals surface area contributed by atoms with E-state index < -0.39 is 5.97 Å². The molecule has 24 heavy (non-hydrogen) atoms. The van der Waals surface area contributed by atoms with Crippen molar-refractivity contribution in [3.8, 4) is 0 Å². The van der Waals surface area contributed by atoms with Gasteiger partial charge in [0.25, 0.3) is 0 Å². The number of carbonyl (C=O) groups is 1. The van der Waals surface area contributed by atoms with Crippen molar-refractivity contribution in [1.29, 1.82) is 0 Å². The first-order valence-electron chi connectivity index (χ1n) is 10.0. The van der Waals surface area contributed by atoms with Crippen molar-refractivity contribution < 1.29 is 44.2 Å². The predicted molar refractivity (Wildman–Crippen MR) is 95.4 cm³/mol. The van der Waals surface area contributed by atoms with Gasteiger partial charge in [-0.1, -0.05) is 96.8 Å².